The third-order valence-electron chi connectivity index (χ3n) is 5.82. The Balaban J connectivity index is 2.12. The van der Waals surface area contributed by atoms with Gasteiger partial charge in [0.15, 0.2) is 6.19 Å². The number of para-hydroxylation sites is 2. The summed E-state index contributed by atoms with van der Waals surface area (Å²) in [5.41, 5.74) is 3.58. The van der Waals surface area contributed by atoms with Gasteiger partial charge >= 0.3 is 0 Å². The highest BCUT2D eigenvalue weighted by molar-refractivity contribution is 6.00. The van der Waals surface area contributed by atoms with Crippen LogP contribution in [0.3, 0.4) is 0 Å². The Morgan fingerprint density at radius 2 is 1.42 bits per heavy atom. The van der Waals surface area contributed by atoms with E-state index in [1.165, 1.54) is 7.05 Å². The molecule has 186 valence electrons. The Bertz CT molecular complexity index is 1210. The van der Waals surface area contributed by atoms with Crippen molar-refractivity contribution in [1.29, 1.82) is 5.26 Å². The van der Waals surface area contributed by atoms with Gasteiger partial charge in [-0.1, -0.05) is 50.2 Å². The highest BCUT2D eigenvalue weighted by atomic mass is 16.5. The molecule has 0 aliphatic rings. The number of nitrogens with zero attached hydrogens (tertiary/aromatic N) is 2. The number of rotatable bonds is 9. The summed E-state index contributed by atoms with van der Waals surface area (Å²) >= 11 is 0. The third-order valence-corrected chi connectivity index (χ3v) is 5.82. The smallest absolute Gasteiger partial charge is 0.257 e. The maximum absolute atomic E-state index is 13.5. The second-order valence-electron chi connectivity index (χ2n) is 8.85. The molecule has 3 aromatic rings. The van der Waals surface area contributed by atoms with Gasteiger partial charge in [-0.05, 0) is 53.8 Å². The number of carbonyl (C=O) groups is 2. The van der Waals surface area contributed by atoms with Crippen LogP contribution < -0.4 is 14.8 Å². The van der Waals surface area contributed by atoms with Gasteiger partial charge in [0.1, 0.15) is 17.5 Å². The SMILES string of the molecule is COc1ccccc1-c1cc(C(=O)N[C@@H](CC(C)C)C(=O)N(C)C#N)cc(-c2ccccc2OC)c1. The lowest BCUT2D eigenvalue weighted by Gasteiger charge is -2.22. The molecular formula is C29H31N3O4. The van der Waals surface area contributed by atoms with Crippen LogP contribution in [0.5, 0.6) is 11.5 Å². The molecule has 7 heteroatoms. The van der Waals surface area contributed by atoms with Crippen LogP contribution in [-0.4, -0.2) is 44.0 Å². The molecule has 7 nitrogen and oxygen atoms in total. The zero-order valence-electron chi connectivity index (χ0n) is 21.2. The Kier molecular flexibility index (Phi) is 8.69. The molecule has 1 atom stereocenters. The summed E-state index contributed by atoms with van der Waals surface area (Å²) in [6, 6.07) is 19.9. The minimum atomic E-state index is -0.827. The van der Waals surface area contributed by atoms with Crippen molar-refractivity contribution in [2.24, 2.45) is 5.92 Å². The maximum Gasteiger partial charge on any atom is 0.257 e. The molecule has 0 spiro atoms. The van der Waals surface area contributed by atoms with Crippen LogP contribution >= 0.6 is 0 Å². The molecule has 0 saturated heterocycles. The molecule has 36 heavy (non-hydrogen) atoms. The number of amides is 2. The fourth-order valence-corrected chi connectivity index (χ4v) is 4.05. The van der Waals surface area contributed by atoms with E-state index in [2.05, 4.69) is 5.32 Å². The third kappa shape index (κ3) is 6.02. The number of ether oxygens (including phenoxy) is 2. The van der Waals surface area contributed by atoms with Crippen molar-refractivity contribution in [3.8, 4) is 39.9 Å². The van der Waals surface area contributed by atoms with Crippen LogP contribution in [0.4, 0.5) is 0 Å². The zero-order valence-corrected chi connectivity index (χ0v) is 21.2. The second kappa shape index (κ2) is 11.9. The first-order chi connectivity index (χ1) is 17.3. The van der Waals surface area contributed by atoms with E-state index in [4.69, 9.17) is 9.47 Å². The molecule has 0 aliphatic heterocycles. The number of carbonyl (C=O) groups excluding carboxylic acids is 2. The lowest BCUT2D eigenvalue weighted by atomic mass is 9.94. The minimum absolute atomic E-state index is 0.135. The molecule has 0 aromatic heterocycles. The molecule has 2 amide bonds. The summed E-state index contributed by atoms with van der Waals surface area (Å²) in [7, 11) is 4.60. The molecule has 0 aliphatic carbocycles. The van der Waals surface area contributed by atoms with E-state index >= 15 is 0 Å². The minimum Gasteiger partial charge on any atom is -0.496 e. The van der Waals surface area contributed by atoms with Gasteiger partial charge in [-0.2, -0.15) is 5.26 Å². The van der Waals surface area contributed by atoms with E-state index in [1.54, 1.807) is 26.4 Å². The zero-order chi connectivity index (χ0) is 26.2. The average molecular weight is 486 g/mol. The Morgan fingerprint density at radius 3 is 1.86 bits per heavy atom. The van der Waals surface area contributed by atoms with E-state index in [0.29, 0.717) is 23.5 Å². The number of benzene rings is 3. The molecule has 0 bridgehead atoms. The van der Waals surface area contributed by atoms with Crippen molar-refractivity contribution in [3.05, 3.63) is 72.3 Å². The first-order valence-electron chi connectivity index (χ1n) is 11.7. The number of hydrogen-bond donors (Lipinski definition) is 1. The summed E-state index contributed by atoms with van der Waals surface area (Å²) in [6.07, 6.45) is 2.23. The first kappa shape index (κ1) is 26.3. The first-order valence-corrected chi connectivity index (χ1v) is 11.7. The number of likely N-dealkylation sites (N-methyl/N-ethyl adjacent to an activating group) is 1. The molecule has 0 radical (unpaired) electrons. The second-order valence-corrected chi connectivity index (χ2v) is 8.85. The number of methoxy groups -OCH3 is 2. The quantitative estimate of drug-likeness (QED) is 0.335. The maximum atomic E-state index is 13.5. The van der Waals surface area contributed by atoms with Crippen molar-refractivity contribution in [2.75, 3.05) is 21.3 Å². The molecule has 1 N–H and O–H groups in total. The van der Waals surface area contributed by atoms with E-state index in [0.717, 1.165) is 27.2 Å². The van der Waals surface area contributed by atoms with Crippen LogP contribution in [0.15, 0.2) is 66.7 Å². The van der Waals surface area contributed by atoms with Gasteiger partial charge in [-0.15, -0.1) is 0 Å². The van der Waals surface area contributed by atoms with Crippen molar-refractivity contribution in [2.45, 2.75) is 26.3 Å². The lowest BCUT2D eigenvalue weighted by Crippen LogP contribution is -2.46. The van der Waals surface area contributed by atoms with Gasteiger partial charge in [-0.25, -0.2) is 0 Å². The summed E-state index contributed by atoms with van der Waals surface area (Å²) in [4.78, 5) is 27.2. The number of nitriles is 1. The van der Waals surface area contributed by atoms with Gasteiger partial charge in [-0.3, -0.25) is 14.5 Å². The van der Waals surface area contributed by atoms with Crippen molar-refractivity contribution in [3.63, 3.8) is 0 Å². The molecular weight excluding hydrogens is 454 g/mol. The van der Waals surface area contributed by atoms with Crippen LogP contribution in [0, 0.1) is 17.4 Å². The monoisotopic (exact) mass is 485 g/mol. The molecule has 0 heterocycles. The standard InChI is InChI=1S/C29H31N3O4/c1-19(2)14-25(29(34)32(3)18-30)31-28(33)22-16-20(23-10-6-8-12-26(23)35-4)15-21(17-22)24-11-7-9-13-27(24)36-5/h6-13,15-17,19,25H,14H2,1-5H3,(H,31,33)/t25-/m0/s1. The fraction of sp³-hybridized carbons (Fsp3) is 0.276. The van der Waals surface area contributed by atoms with Gasteiger partial charge in [0, 0.05) is 23.7 Å². The summed E-state index contributed by atoms with van der Waals surface area (Å²) in [6.45, 7) is 3.92. The largest absolute Gasteiger partial charge is 0.496 e. The van der Waals surface area contributed by atoms with Crippen molar-refractivity contribution >= 4 is 11.8 Å². The van der Waals surface area contributed by atoms with E-state index in [9.17, 15) is 14.9 Å². The molecule has 0 saturated carbocycles. The normalized spacial score (nSPS) is 11.4. The Labute approximate surface area is 212 Å². The molecule has 3 rings (SSSR count). The van der Waals surface area contributed by atoms with Crippen LogP contribution in [0.1, 0.15) is 30.6 Å². The van der Waals surface area contributed by atoms with Crippen LogP contribution in [0.2, 0.25) is 0 Å². The fourth-order valence-electron chi connectivity index (χ4n) is 4.05. The number of hydrogen-bond acceptors (Lipinski definition) is 5. The molecule has 0 fully saturated rings. The summed E-state index contributed by atoms with van der Waals surface area (Å²) in [5.74, 6) is 0.614. The van der Waals surface area contributed by atoms with Gasteiger partial charge in [0.05, 0.1) is 14.2 Å². The average Bonchev–Trinajstić information content (AvgIpc) is 2.91. The summed E-state index contributed by atoms with van der Waals surface area (Å²) < 4.78 is 11.1. The molecule has 0 unspecified atom stereocenters. The van der Waals surface area contributed by atoms with Crippen LogP contribution in [-0.2, 0) is 4.79 Å². The highest BCUT2D eigenvalue weighted by Gasteiger charge is 2.26. The Hall–Kier alpha value is -4.31. The lowest BCUT2D eigenvalue weighted by molar-refractivity contribution is -0.129. The topological polar surface area (TPSA) is 91.7 Å². The number of nitrogens with one attached hydrogen (secondary N) is 1. The van der Waals surface area contributed by atoms with Crippen LogP contribution in [0.25, 0.3) is 22.3 Å². The highest BCUT2D eigenvalue weighted by Crippen LogP contribution is 2.36. The van der Waals surface area contributed by atoms with E-state index in [1.807, 2.05) is 74.6 Å². The summed E-state index contributed by atoms with van der Waals surface area (Å²) in [5, 5.41) is 12.0. The Morgan fingerprint density at radius 1 is 0.917 bits per heavy atom. The van der Waals surface area contributed by atoms with Gasteiger partial charge < -0.3 is 14.8 Å². The predicted octanol–water partition coefficient (Wildman–Crippen LogP) is 5.12. The van der Waals surface area contributed by atoms with Gasteiger partial charge in [0.25, 0.3) is 11.8 Å². The van der Waals surface area contributed by atoms with Gasteiger partial charge in [0.2, 0.25) is 0 Å². The van der Waals surface area contributed by atoms with E-state index in [-0.39, 0.29) is 5.92 Å². The molecule has 3 aromatic carbocycles. The predicted molar refractivity (Wildman–Crippen MR) is 140 cm³/mol. The van der Waals surface area contributed by atoms with E-state index < -0.39 is 17.9 Å². The van der Waals surface area contributed by atoms with Crippen molar-refractivity contribution < 1.29 is 19.1 Å². The van der Waals surface area contributed by atoms with Crippen molar-refractivity contribution in [1.82, 2.24) is 10.2 Å².